The fourth-order valence-corrected chi connectivity index (χ4v) is 4.28. The molecule has 1 aromatic carbocycles. The summed E-state index contributed by atoms with van der Waals surface area (Å²) in [4.78, 5) is 19.1. The summed E-state index contributed by atoms with van der Waals surface area (Å²) in [6, 6.07) is 8.24. The van der Waals surface area contributed by atoms with Gasteiger partial charge in [0.25, 0.3) is 0 Å². The summed E-state index contributed by atoms with van der Waals surface area (Å²) in [5.41, 5.74) is 1.22. The van der Waals surface area contributed by atoms with Gasteiger partial charge in [-0.3, -0.25) is 9.79 Å². The molecule has 1 atom stereocenters. The zero-order chi connectivity index (χ0) is 21.2. The molecule has 2 N–H and O–H groups in total. The van der Waals surface area contributed by atoms with Crippen LogP contribution in [0.1, 0.15) is 44.1 Å². The molecule has 7 heteroatoms. The van der Waals surface area contributed by atoms with Gasteiger partial charge < -0.3 is 20.3 Å². The number of hydrogen-bond acceptors (Lipinski definition) is 3. The molecule has 1 unspecified atom stereocenters. The molecule has 0 spiro atoms. The first-order chi connectivity index (χ1) is 14.7. The molecule has 1 aromatic rings. The average Bonchev–Trinajstić information content (AvgIpc) is 3.26. The summed E-state index contributed by atoms with van der Waals surface area (Å²) in [7, 11) is 1.78. The Kier molecular flexibility index (Phi) is 11.0. The van der Waals surface area contributed by atoms with E-state index in [1.807, 2.05) is 17.0 Å². The van der Waals surface area contributed by atoms with E-state index in [9.17, 15) is 4.79 Å². The number of likely N-dealkylation sites (tertiary alicyclic amines) is 1. The van der Waals surface area contributed by atoms with E-state index in [0.29, 0.717) is 5.91 Å². The predicted octanol–water partition coefficient (Wildman–Crippen LogP) is 3.21. The molecule has 0 aromatic heterocycles. The van der Waals surface area contributed by atoms with Crippen molar-refractivity contribution in [1.29, 1.82) is 0 Å². The van der Waals surface area contributed by atoms with Gasteiger partial charge in [-0.1, -0.05) is 37.3 Å². The summed E-state index contributed by atoms with van der Waals surface area (Å²) >= 11 is 0. The van der Waals surface area contributed by atoms with Gasteiger partial charge in [0.05, 0.1) is 0 Å². The number of amides is 1. The molecule has 2 fully saturated rings. The maximum Gasteiger partial charge on any atom is 0.225 e. The Hall–Kier alpha value is -1.95. The lowest BCUT2D eigenvalue weighted by atomic mass is 9.88. The smallest absolute Gasteiger partial charge is 0.225 e. The SMILES string of the molecule is C#CCOc1ccc(CCNC(=NC)NC2CCN(C(=O)C3CCCCC3)C2)cc1.I. The third kappa shape index (κ3) is 7.91. The molecule has 1 heterocycles. The highest BCUT2D eigenvalue weighted by Crippen LogP contribution is 2.26. The van der Waals surface area contributed by atoms with Gasteiger partial charge in [-0.25, -0.2) is 0 Å². The van der Waals surface area contributed by atoms with Crippen molar-refractivity contribution in [2.24, 2.45) is 10.9 Å². The second-order valence-corrected chi connectivity index (χ2v) is 8.13. The summed E-state index contributed by atoms with van der Waals surface area (Å²) in [5, 5.41) is 6.86. The van der Waals surface area contributed by atoms with Crippen LogP contribution >= 0.6 is 24.0 Å². The summed E-state index contributed by atoms with van der Waals surface area (Å²) < 4.78 is 5.40. The molecule has 170 valence electrons. The number of carbonyl (C=O) groups excluding carboxylic acids is 1. The maximum absolute atomic E-state index is 12.7. The Morgan fingerprint density at radius 2 is 1.97 bits per heavy atom. The number of benzene rings is 1. The van der Waals surface area contributed by atoms with Crippen molar-refractivity contribution < 1.29 is 9.53 Å². The second kappa shape index (κ2) is 13.5. The highest BCUT2D eigenvalue weighted by molar-refractivity contribution is 14.0. The van der Waals surface area contributed by atoms with Crippen LogP contribution in [0.4, 0.5) is 0 Å². The molecular weight excluding hydrogens is 503 g/mol. The number of terminal acetylenes is 1. The maximum atomic E-state index is 12.7. The number of hydrogen-bond donors (Lipinski definition) is 2. The minimum atomic E-state index is 0. The summed E-state index contributed by atoms with van der Waals surface area (Å²) in [6.07, 6.45) is 12.9. The van der Waals surface area contributed by atoms with Crippen molar-refractivity contribution in [3.63, 3.8) is 0 Å². The standard InChI is InChI=1S/C24H34N4O2.HI/c1-3-17-30-22-11-9-19(10-12-22)13-15-26-24(25-2)27-21-14-16-28(18-21)23(29)20-7-5-4-6-8-20;/h1,9-12,20-21H,4-8,13-18H2,2H3,(H2,25,26,27);1H. The number of aliphatic imine (C=N–C) groups is 1. The van der Waals surface area contributed by atoms with E-state index in [-0.39, 0.29) is 42.5 Å². The van der Waals surface area contributed by atoms with Crippen molar-refractivity contribution in [2.75, 3.05) is 33.3 Å². The van der Waals surface area contributed by atoms with Crippen LogP contribution in [0.15, 0.2) is 29.3 Å². The number of nitrogens with one attached hydrogen (secondary N) is 2. The number of carbonyl (C=O) groups is 1. The Morgan fingerprint density at radius 1 is 1.23 bits per heavy atom. The van der Waals surface area contributed by atoms with Gasteiger partial charge in [0.1, 0.15) is 12.4 Å². The minimum absolute atomic E-state index is 0. The van der Waals surface area contributed by atoms with E-state index in [0.717, 1.165) is 57.0 Å². The third-order valence-corrected chi connectivity index (χ3v) is 5.97. The van der Waals surface area contributed by atoms with Gasteiger partial charge in [0.2, 0.25) is 5.91 Å². The molecule has 3 rings (SSSR count). The van der Waals surface area contributed by atoms with Crippen LogP contribution in [-0.4, -0.2) is 56.1 Å². The van der Waals surface area contributed by atoms with Crippen LogP contribution in [0.25, 0.3) is 0 Å². The first-order valence-electron chi connectivity index (χ1n) is 11.1. The van der Waals surface area contributed by atoms with Gasteiger partial charge in [-0.05, 0) is 43.4 Å². The van der Waals surface area contributed by atoms with Crippen molar-refractivity contribution in [3.05, 3.63) is 29.8 Å². The number of guanidine groups is 1. The predicted molar refractivity (Wildman–Crippen MR) is 136 cm³/mol. The molecule has 1 saturated carbocycles. The van der Waals surface area contributed by atoms with Crippen molar-refractivity contribution in [2.45, 2.75) is 51.0 Å². The van der Waals surface area contributed by atoms with Gasteiger partial charge in [0, 0.05) is 38.6 Å². The van der Waals surface area contributed by atoms with Crippen molar-refractivity contribution in [1.82, 2.24) is 15.5 Å². The summed E-state index contributed by atoms with van der Waals surface area (Å²) in [5.74, 6) is 4.65. The minimum Gasteiger partial charge on any atom is -0.481 e. The third-order valence-electron chi connectivity index (χ3n) is 5.97. The molecule has 31 heavy (non-hydrogen) atoms. The Labute approximate surface area is 203 Å². The molecule has 0 bridgehead atoms. The number of rotatable bonds is 7. The molecule has 1 amide bonds. The zero-order valence-corrected chi connectivity index (χ0v) is 20.8. The quantitative estimate of drug-likeness (QED) is 0.242. The van der Waals surface area contributed by atoms with Gasteiger partial charge in [0.15, 0.2) is 5.96 Å². The van der Waals surface area contributed by atoms with Crippen LogP contribution in [0, 0.1) is 18.3 Å². The van der Waals surface area contributed by atoms with E-state index in [1.165, 1.54) is 24.8 Å². The van der Waals surface area contributed by atoms with Crippen LogP contribution in [-0.2, 0) is 11.2 Å². The normalized spacial score (nSPS) is 19.3. The van der Waals surface area contributed by atoms with E-state index in [2.05, 4.69) is 33.7 Å². The lowest BCUT2D eigenvalue weighted by Gasteiger charge is -2.26. The molecular formula is C24H35IN4O2. The molecule has 1 aliphatic heterocycles. The second-order valence-electron chi connectivity index (χ2n) is 8.13. The van der Waals surface area contributed by atoms with Crippen LogP contribution in [0.3, 0.4) is 0 Å². The highest BCUT2D eigenvalue weighted by atomic mass is 127. The first-order valence-corrected chi connectivity index (χ1v) is 11.1. The average molecular weight is 538 g/mol. The van der Waals surface area contributed by atoms with E-state index < -0.39 is 0 Å². The Bertz CT molecular complexity index is 754. The Morgan fingerprint density at radius 3 is 2.65 bits per heavy atom. The molecule has 0 radical (unpaired) electrons. The summed E-state index contributed by atoms with van der Waals surface area (Å²) in [6.45, 7) is 2.68. The highest BCUT2D eigenvalue weighted by Gasteiger charge is 2.31. The number of halogens is 1. The van der Waals surface area contributed by atoms with E-state index >= 15 is 0 Å². The fraction of sp³-hybridized carbons (Fsp3) is 0.583. The molecule has 2 aliphatic rings. The van der Waals surface area contributed by atoms with Gasteiger partial charge >= 0.3 is 0 Å². The lowest BCUT2D eigenvalue weighted by Crippen LogP contribution is -2.46. The van der Waals surface area contributed by atoms with Crippen molar-refractivity contribution in [3.8, 4) is 18.1 Å². The van der Waals surface area contributed by atoms with Crippen LogP contribution in [0.5, 0.6) is 5.75 Å². The van der Waals surface area contributed by atoms with Crippen LogP contribution in [0.2, 0.25) is 0 Å². The van der Waals surface area contributed by atoms with Crippen molar-refractivity contribution >= 4 is 35.8 Å². The molecule has 6 nitrogen and oxygen atoms in total. The topological polar surface area (TPSA) is 66.0 Å². The fourth-order valence-electron chi connectivity index (χ4n) is 4.28. The lowest BCUT2D eigenvalue weighted by molar-refractivity contribution is -0.135. The number of ether oxygens (including phenoxy) is 1. The largest absolute Gasteiger partial charge is 0.481 e. The van der Waals surface area contributed by atoms with E-state index in [1.54, 1.807) is 7.05 Å². The Balaban J connectivity index is 0.00000341. The van der Waals surface area contributed by atoms with E-state index in [4.69, 9.17) is 11.2 Å². The zero-order valence-electron chi connectivity index (χ0n) is 18.4. The number of nitrogens with zero attached hydrogens (tertiary/aromatic N) is 2. The molecule has 1 saturated heterocycles. The van der Waals surface area contributed by atoms with Crippen LogP contribution < -0.4 is 15.4 Å². The monoisotopic (exact) mass is 538 g/mol. The first kappa shape index (κ1) is 25.3. The molecule has 1 aliphatic carbocycles. The van der Waals surface area contributed by atoms with Gasteiger partial charge in [-0.2, -0.15) is 0 Å². The van der Waals surface area contributed by atoms with Gasteiger partial charge in [-0.15, -0.1) is 30.4 Å².